The summed E-state index contributed by atoms with van der Waals surface area (Å²) in [6.45, 7) is 2.03. The third kappa shape index (κ3) is 4.47. The number of primary amides is 1. The van der Waals surface area contributed by atoms with Gasteiger partial charge < -0.3 is 21.1 Å². The molecule has 3 atom stereocenters. The van der Waals surface area contributed by atoms with E-state index in [9.17, 15) is 14.7 Å². The first-order valence-electron chi connectivity index (χ1n) is 9.82. The van der Waals surface area contributed by atoms with Crippen molar-refractivity contribution in [2.24, 2.45) is 5.73 Å². The molecule has 2 amide bonds. The second-order valence-corrected chi connectivity index (χ2v) is 8.71. The van der Waals surface area contributed by atoms with Crippen LogP contribution in [0.15, 0.2) is 53.4 Å². The number of nitrogens with two attached hydrogens (primary N) is 1. The van der Waals surface area contributed by atoms with Gasteiger partial charge in [0.1, 0.15) is 0 Å². The van der Waals surface area contributed by atoms with E-state index >= 15 is 0 Å². The molecule has 0 saturated carbocycles. The van der Waals surface area contributed by atoms with Crippen LogP contribution in [0, 0.1) is 0 Å². The summed E-state index contributed by atoms with van der Waals surface area (Å²) in [6, 6.07) is 15.7. The molecule has 2 heterocycles. The number of nitrogens with one attached hydrogen (secondary N) is 1. The Morgan fingerprint density at radius 3 is 2.72 bits per heavy atom. The molecule has 2 aliphatic heterocycles. The summed E-state index contributed by atoms with van der Waals surface area (Å²) in [5, 5.41) is 12.8. The van der Waals surface area contributed by atoms with Crippen LogP contribution >= 0.6 is 11.8 Å². The molecule has 2 aromatic rings. The topological polar surface area (TPSA) is 95.7 Å². The zero-order valence-corrected chi connectivity index (χ0v) is 16.9. The van der Waals surface area contributed by atoms with Crippen molar-refractivity contribution in [1.82, 2.24) is 4.90 Å². The van der Waals surface area contributed by atoms with Gasteiger partial charge in [-0.25, -0.2) is 0 Å². The average molecular weight is 412 g/mol. The number of aliphatic hydroxyl groups excluding tert-OH is 1. The minimum Gasteiger partial charge on any atom is -0.392 e. The monoisotopic (exact) mass is 411 g/mol. The number of nitrogens with zero attached hydrogens (tertiary/aromatic N) is 1. The molecule has 0 aliphatic carbocycles. The summed E-state index contributed by atoms with van der Waals surface area (Å²) < 4.78 is 0. The summed E-state index contributed by atoms with van der Waals surface area (Å²) in [6.07, 6.45) is 0.416. The normalized spacial score (nSPS) is 21.3. The number of hydrogen-bond acceptors (Lipinski definition) is 5. The van der Waals surface area contributed by atoms with Gasteiger partial charge in [-0.3, -0.25) is 9.59 Å². The first-order chi connectivity index (χ1) is 14.0. The molecule has 0 radical (unpaired) electrons. The highest BCUT2D eigenvalue weighted by Crippen LogP contribution is 2.39. The molecule has 1 fully saturated rings. The van der Waals surface area contributed by atoms with Gasteiger partial charge in [0, 0.05) is 30.4 Å². The van der Waals surface area contributed by atoms with E-state index in [0.29, 0.717) is 18.8 Å². The van der Waals surface area contributed by atoms with E-state index in [-0.39, 0.29) is 17.9 Å². The maximum atomic E-state index is 12.6. The fourth-order valence-corrected chi connectivity index (χ4v) is 5.04. The molecule has 4 N–H and O–H groups in total. The molecule has 1 unspecified atom stereocenters. The Morgan fingerprint density at radius 2 is 2.03 bits per heavy atom. The Kier molecular flexibility index (Phi) is 5.89. The molecule has 152 valence electrons. The van der Waals surface area contributed by atoms with Crippen molar-refractivity contribution in [3.8, 4) is 0 Å². The number of hydrogen-bond donors (Lipinski definition) is 3. The molecule has 6 nitrogen and oxygen atoms in total. The molecule has 1 saturated heterocycles. The van der Waals surface area contributed by atoms with Gasteiger partial charge in [0.05, 0.1) is 23.5 Å². The highest BCUT2D eigenvalue weighted by atomic mass is 32.2. The van der Waals surface area contributed by atoms with E-state index in [2.05, 4.69) is 10.2 Å². The van der Waals surface area contributed by atoms with Crippen LogP contribution in [-0.4, -0.2) is 53.3 Å². The lowest BCUT2D eigenvalue weighted by atomic mass is 9.80. The van der Waals surface area contributed by atoms with Gasteiger partial charge in [-0.15, -0.1) is 11.8 Å². The SMILES string of the molecule is NC(=O)C(c1ccc2c(c1)NC(=O)CS2)[C@H](CN1CC[C@H](O)C1)c1ccccc1. The Hall–Kier alpha value is -2.35. The number of fused-ring (bicyclic) bond motifs is 1. The first kappa shape index (κ1) is 19.9. The summed E-state index contributed by atoms with van der Waals surface area (Å²) in [4.78, 5) is 27.6. The quantitative estimate of drug-likeness (QED) is 0.677. The maximum Gasteiger partial charge on any atom is 0.234 e. The van der Waals surface area contributed by atoms with E-state index in [0.717, 1.165) is 34.7 Å². The maximum absolute atomic E-state index is 12.6. The average Bonchev–Trinajstić information content (AvgIpc) is 3.12. The van der Waals surface area contributed by atoms with Crippen molar-refractivity contribution >= 4 is 29.3 Å². The lowest BCUT2D eigenvalue weighted by Gasteiger charge is -2.30. The van der Waals surface area contributed by atoms with E-state index in [4.69, 9.17) is 5.73 Å². The summed E-state index contributed by atoms with van der Waals surface area (Å²) in [5.41, 5.74) is 8.48. The summed E-state index contributed by atoms with van der Waals surface area (Å²) >= 11 is 1.49. The number of β-amino-alcohol motifs (C(OH)–C–C–N with tert-alkyl or cyclic N) is 1. The molecule has 4 rings (SSSR count). The Morgan fingerprint density at radius 1 is 1.24 bits per heavy atom. The number of anilines is 1. The van der Waals surface area contributed by atoms with Gasteiger partial charge in [-0.2, -0.15) is 0 Å². The van der Waals surface area contributed by atoms with Gasteiger partial charge >= 0.3 is 0 Å². The number of carbonyl (C=O) groups is 2. The Balaban J connectivity index is 1.70. The molecule has 0 aromatic heterocycles. The third-order valence-corrected chi connectivity index (χ3v) is 6.71. The highest BCUT2D eigenvalue weighted by Gasteiger charge is 2.33. The molecule has 0 bridgehead atoms. The van der Waals surface area contributed by atoms with Gasteiger partial charge in [0.2, 0.25) is 11.8 Å². The van der Waals surface area contributed by atoms with Crippen LogP contribution in [0.25, 0.3) is 0 Å². The number of carbonyl (C=O) groups excluding carboxylic acids is 2. The largest absolute Gasteiger partial charge is 0.392 e. The highest BCUT2D eigenvalue weighted by molar-refractivity contribution is 8.00. The second-order valence-electron chi connectivity index (χ2n) is 7.69. The number of rotatable bonds is 6. The minimum atomic E-state index is -0.538. The van der Waals surface area contributed by atoms with E-state index < -0.39 is 11.8 Å². The predicted octanol–water partition coefficient (Wildman–Crippen LogP) is 2.15. The zero-order chi connectivity index (χ0) is 20.4. The molecule has 0 spiro atoms. The molecule has 2 aliphatic rings. The van der Waals surface area contributed by atoms with Crippen molar-refractivity contribution in [2.75, 3.05) is 30.7 Å². The fourth-order valence-electron chi connectivity index (χ4n) is 4.25. The fraction of sp³-hybridized carbons (Fsp3) is 0.364. The number of aliphatic hydroxyl groups is 1. The van der Waals surface area contributed by atoms with Crippen LogP contribution in [0.5, 0.6) is 0 Å². The molecular formula is C22H25N3O3S. The van der Waals surface area contributed by atoms with Crippen LogP contribution in [-0.2, 0) is 9.59 Å². The lowest BCUT2D eigenvalue weighted by molar-refractivity contribution is -0.120. The predicted molar refractivity (Wildman–Crippen MR) is 114 cm³/mol. The lowest BCUT2D eigenvalue weighted by Crippen LogP contribution is -2.35. The number of likely N-dealkylation sites (tertiary alicyclic amines) is 1. The van der Waals surface area contributed by atoms with Gasteiger partial charge in [-0.1, -0.05) is 36.4 Å². The molecular weight excluding hydrogens is 386 g/mol. The summed E-state index contributed by atoms with van der Waals surface area (Å²) in [5.74, 6) is -0.724. The Labute approximate surface area is 174 Å². The molecule has 29 heavy (non-hydrogen) atoms. The van der Waals surface area contributed by atoms with Crippen LogP contribution in [0.4, 0.5) is 5.69 Å². The van der Waals surface area contributed by atoms with Crippen molar-refractivity contribution in [1.29, 1.82) is 0 Å². The van der Waals surface area contributed by atoms with E-state index in [1.807, 2.05) is 48.5 Å². The number of amides is 2. The van der Waals surface area contributed by atoms with Crippen molar-refractivity contribution < 1.29 is 14.7 Å². The number of thioether (sulfide) groups is 1. The minimum absolute atomic E-state index is 0.0408. The van der Waals surface area contributed by atoms with Crippen LogP contribution in [0.1, 0.15) is 29.4 Å². The zero-order valence-electron chi connectivity index (χ0n) is 16.1. The van der Waals surface area contributed by atoms with Crippen molar-refractivity contribution in [3.05, 3.63) is 59.7 Å². The standard InChI is InChI=1S/C22H25N3O3S/c23-22(28)21(15-6-7-19-18(10-15)24-20(27)13-29-19)17(14-4-2-1-3-5-14)12-25-9-8-16(26)11-25/h1-7,10,16-17,21,26H,8-9,11-13H2,(H2,23,28)(H,24,27)/t16-,17+,21?/m0/s1. The van der Waals surface area contributed by atoms with Crippen LogP contribution < -0.4 is 11.1 Å². The van der Waals surface area contributed by atoms with E-state index in [1.165, 1.54) is 11.8 Å². The summed E-state index contributed by atoms with van der Waals surface area (Å²) in [7, 11) is 0. The van der Waals surface area contributed by atoms with Gasteiger partial charge in [0.25, 0.3) is 0 Å². The first-order valence-corrected chi connectivity index (χ1v) is 10.8. The Bertz CT molecular complexity index is 905. The van der Waals surface area contributed by atoms with Crippen LogP contribution in [0.3, 0.4) is 0 Å². The van der Waals surface area contributed by atoms with Gasteiger partial charge in [-0.05, 0) is 29.7 Å². The molecule has 2 aromatic carbocycles. The van der Waals surface area contributed by atoms with E-state index in [1.54, 1.807) is 0 Å². The van der Waals surface area contributed by atoms with Crippen molar-refractivity contribution in [2.45, 2.75) is 29.3 Å². The number of benzene rings is 2. The smallest absolute Gasteiger partial charge is 0.234 e. The van der Waals surface area contributed by atoms with Crippen molar-refractivity contribution in [3.63, 3.8) is 0 Å². The third-order valence-electron chi connectivity index (χ3n) is 5.63. The second kappa shape index (κ2) is 8.57. The molecule has 7 heteroatoms. The van der Waals surface area contributed by atoms with Gasteiger partial charge in [0.15, 0.2) is 0 Å². The van der Waals surface area contributed by atoms with Crippen LogP contribution in [0.2, 0.25) is 0 Å².